The summed E-state index contributed by atoms with van der Waals surface area (Å²) in [4.78, 5) is 42.9. The van der Waals surface area contributed by atoms with Gasteiger partial charge >= 0.3 is 0 Å². The molecule has 7 aliphatic rings. The molecule has 17 nitrogen and oxygen atoms in total. The van der Waals surface area contributed by atoms with Crippen molar-refractivity contribution in [2.75, 3.05) is 74.2 Å². The van der Waals surface area contributed by atoms with Crippen LogP contribution in [0.25, 0.3) is 11.0 Å². The first kappa shape index (κ1) is 47.9. The number of hydrogen-bond donors (Lipinski definition) is 3. The fourth-order valence-corrected chi connectivity index (χ4v) is 13.8. The first-order valence-electron chi connectivity index (χ1n) is 25.8. The molecular formula is C53H61F2N9O8S. The van der Waals surface area contributed by atoms with E-state index in [4.69, 9.17) is 19.2 Å². The molecule has 73 heavy (non-hydrogen) atoms. The van der Waals surface area contributed by atoms with Crippen molar-refractivity contribution in [2.45, 2.75) is 112 Å². The topological polar surface area (TPSA) is 188 Å². The van der Waals surface area contributed by atoms with Gasteiger partial charge in [-0.2, -0.15) is 4.98 Å². The number of alkyl halides is 2. The molecule has 6 aliphatic heterocycles. The average Bonchev–Trinajstić information content (AvgIpc) is 4.16. The van der Waals surface area contributed by atoms with Crippen molar-refractivity contribution >= 4 is 55.4 Å². The van der Waals surface area contributed by atoms with Crippen LogP contribution < -0.4 is 29.3 Å². The number of sulfonamides is 1. The van der Waals surface area contributed by atoms with Crippen LogP contribution in [-0.4, -0.2) is 128 Å². The number of aromatic nitrogens is 2. The molecule has 1 aliphatic carbocycles. The van der Waals surface area contributed by atoms with Crippen LogP contribution in [0.2, 0.25) is 0 Å². The Kier molecular flexibility index (Phi) is 12.1. The molecule has 0 unspecified atom stereocenters. The second-order valence-corrected chi connectivity index (χ2v) is 23.3. The van der Waals surface area contributed by atoms with Crippen LogP contribution in [0.4, 0.5) is 37.2 Å². The molecule has 3 aromatic carbocycles. The SMILES string of the molecule is CC(C)c1ccccc1[C@@H]1CCCN1C1CC2(CCN(c3ccc(C(=O)NS(=O)(=O)c4cc5c(c([N+](=O)[O-])c4)N[C@H](CN4CCC(F)(F)CC4)CO5)c(N4c5cc6cc[nH]c6nc5O[C@@H]5COC[C@H]54)c3)CC2)C1. The Balaban J connectivity index is 0.814. The highest BCUT2D eigenvalue weighted by molar-refractivity contribution is 7.90. The summed E-state index contributed by atoms with van der Waals surface area (Å²) >= 11 is 0. The first-order chi connectivity index (χ1) is 35.1. The van der Waals surface area contributed by atoms with Crippen LogP contribution >= 0.6 is 0 Å². The van der Waals surface area contributed by atoms with E-state index in [2.05, 4.69) is 62.9 Å². The third-order valence-electron chi connectivity index (χ3n) is 16.7. The number of rotatable bonds is 11. The number of carbonyl (C=O) groups excluding carboxylic acids is 1. The third kappa shape index (κ3) is 8.90. The highest BCUT2D eigenvalue weighted by Crippen LogP contribution is 2.55. The number of anilines is 4. The zero-order chi connectivity index (χ0) is 50.4. The Bertz CT molecular complexity index is 3070. The van der Waals surface area contributed by atoms with Crippen LogP contribution in [0.15, 0.2) is 77.8 Å². The zero-order valence-electron chi connectivity index (χ0n) is 41.0. The second kappa shape index (κ2) is 18.4. The minimum absolute atomic E-state index is 0.00496. The van der Waals surface area contributed by atoms with Gasteiger partial charge in [0, 0.05) is 87.1 Å². The number of benzene rings is 3. The summed E-state index contributed by atoms with van der Waals surface area (Å²) in [6, 6.07) is 20.5. The van der Waals surface area contributed by atoms with Crippen LogP contribution in [-0.2, 0) is 14.8 Å². The number of pyridine rings is 1. The number of likely N-dealkylation sites (tertiary alicyclic amines) is 2. The van der Waals surface area contributed by atoms with Crippen LogP contribution in [0, 0.1) is 15.5 Å². The normalized spacial score (nSPS) is 24.8. The Morgan fingerprint density at radius 1 is 0.959 bits per heavy atom. The first-order valence-corrected chi connectivity index (χ1v) is 27.2. The Morgan fingerprint density at radius 2 is 1.75 bits per heavy atom. The van der Waals surface area contributed by atoms with Gasteiger partial charge in [0.1, 0.15) is 24.0 Å². The van der Waals surface area contributed by atoms with Gasteiger partial charge in [0.2, 0.25) is 5.88 Å². The molecule has 0 radical (unpaired) electrons. The molecule has 386 valence electrons. The van der Waals surface area contributed by atoms with E-state index in [1.165, 1.54) is 36.8 Å². The van der Waals surface area contributed by atoms with E-state index < -0.39 is 55.5 Å². The summed E-state index contributed by atoms with van der Waals surface area (Å²) in [6.07, 6.45) is 7.59. The minimum atomic E-state index is -4.76. The largest absolute Gasteiger partial charge is 0.489 e. The Hall–Kier alpha value is -6.09. The quantitative estimate of drug-likeness (QED) is 0.0844. The number of amides is 1. The lowest BCUT2D eigenvalue weighted by Gasteiger charge is -2.56. The summed E-state index contributed by atoms with van der Waals surface area (Å²) in [5, 5.41) is 16.4. The maximum Gasteiger partial charge on any atom is 0.297 e. The number of nitro groups is 1. The van der Waals surface area contributed by atoms with Crippen LogP contribution in [0.5, 0.6) is 11.6 Å². The van der Waals surface area contributed by atoms with E-state index in [0.29, 0.717) is 47.4 Å². The monoisotopic (exact) mass is 1020 g/mol. The van der Waals surface area contributed by atoms with Gasteiger partial charge in [0.25, 0.3) is 27.5 Å². The number of carbonyl (C=O) groups is 1. The number of nitrogens with one attached hydrogen (secondary N) is 3. The molecule has 0 bridgehead atoms. The molecular weight excluding hydrogens is 961 g/mol. The molecule has 1 saturated carbocycles. The maximum absolute atomic E-state index is 14.7. The number of aromatic amines is 1. The second-order valence-electron chi connectivity index (χ2n) is 21.6. The number of halogens is 2. The van der Waals surface area contributed by atoms with E-state index in [-0.39, 0.29) is 68.2 Å². The van der Waals surface area contributed by atoms with E-state index in [9.17, 15) is 32.1 Å². The van der Waals surface area contributed by atoms with Crippen molar-refractivity contribution in [3.8, 4) is 11.6 Å². The molecule has 20 heteroatoms. The molecule has 5 fully saturated rings. The molecule has 3 N–H and O–H groups in total. The number of piperidine rings is 2. The van der Waals surface area contributed by atoms with Crippen LogP contribution in [0.1, 0.15) is 98.7 Å². The molecule has 1 amide bonds. The number of nitro benzene ring substituents is 1. The smallest absolute Gasteiger partial charge is 0.297 e. The third-order valence-corrected chi connectivity index (χ3v) is 18.0. The predicted octanol–water partition coefficient (Wildman–Crippen LogP) is 8.50. The van der Waals surface area contributed by atoms with Gasteiger partial charge in [0.15, 0.2) is 11.4 Å². The predicted molar refractivity (Wildman–Crippen MR) is 271 cm³/mol. The summed E-state index contributed by atoms with van der Waals surface area (Å²) in [5.74, 6) is -2.94. The molecule has 2 aromatic heterocycles. The molecule has 12 rings (SSSR count). The maximum atomic E-state index is 14.7. The number of hydrogen-bond acceptors (Lipinski definition) is 14. The fourth-order valence-electron chi connectivity index (χ4n) is 12.8. The van der Waals surface area contributed by atoms with E-state index >= 15 is 0 Å². The number of ether oxygens (including phenoxy) is 3. The fraction of sp³-hybridized carbons (Fsp3) is 0.509. The van der Waals surface area contributed by atoms with E-state index in [0.717, 1.165) is 55.7 Å². The standard InChI is InChI=1S/C53H61F2N9O8S/c1-32(2)38-6-3-4-7-39(38)41-8-5-17-62(41)36-26-52(27-36)12-20-61(21-13-52)35-9-10-40(42(23-35)63-44-22-33-11-16-56-49(33)58-51(44)72-47-31-70-30-45(47)63)50(65)59-73(68,69)37-24-43(64(66)67)48-46(25-37)71-29-34(57-48)28-60-18-14-53(54,55)15-19-60/h3-4,6-7,9-11,16,22-25,32,34,36,41,45,47,57H,5,8,12-15,17-21,26-31H2,1-2H3,(H,56,58)(H,59,65)/t34-,41+,45-,47-/m1/s1. The molecule has 8 heterocycles. The lowest BCUT2D eigenvalue weighted by Crippen LogP contribution is -2.55. The Morgan fingerprint density at radius 3 is 2.53 bits per heavy atom. The van der Waals surface area contributed by atoms with Gasteiger partial charge in [-0.25, -0.2) is 21.9 Å². The van der Waals surface area contributed by atoms with Crippen molar-refractivity contribution in [1.82, 2.24) is 24.5 Å². The van der Waals surface area contributed by atoms with Crippen molar-refractivity contribution in [3.63, 3.8) is 0 Å². The lowest BCUT2D eigenvalue weighted by molar-refractivity contribution is -0.384. The van der Waals surface area contributed by atoms with E-state index in [1.807, 2.05) is 34.1 Å². The van der Waals surface area contributed by atoms with Crippen molar-refractivity contribution in [3.05, 3.63) is 99.7 Å². The zero-order valence-corrected chi connectivity index (χ0v) is 41.8. The summed E-state index contributed by atoms with van der Waals surface area (Å²) in [7, 11) is -4.76. The number of H-pyrrole nitrogens is 1. The Labute approximate surface area is 422 Å². The summed E-state index contributed by atoms with van der Waals surface area (Å²) in [5.41, 5.74) is 5.19. The molecule has 5 aromatic rings. The molecule has 4 saturated heterocycles. The number of nitrogens with zero attached hydrogens (tertiary/aromatic N) is 6. The summed E-state index contributed by atoms with van der Waals surface area (Å²) < 4.78 is 76.9. The molecule has 4 atom stereocenters. The van der Waals surface area contributed by atoms with E-state index in [1.54, 1.807) is 12.3 Å². The van der Waals surface area contributed by atoms with Gasteiger partial charge in [-0.15, -0.1) is 0 Å². The van der Waals surface area contributed by atoms with Crippen molar-refractivity contribution < 1.29 is 41.1 Å². The van der Waals surface area contributed by atoms with Gasteiger partial charge in [0.05, 0.1) is 46.4 Å². The minimum Gasteiger partial charge on any atom is -0.489 e. The van der Waals surface area contributed by atoms with Gasteiger partial charge < -0.3 is 39.2 Å². The van der Waals surface area contributed by atoms with Crippen molar-refractivity contribution in [2.24, 2.45) is 5.41 Å². The lowest BCUT2D eigenvalue weighted by atomic mass is 9.59. The van der Waals surface area contributed by atoms with Gasteiger partial charge in [-0.1, -0.05) is 38.1 Å². The van der Waals surface area contributed by atoms with Crippen LogP contribution in [0.3, 0.4) is 0 Å². The number of fused-ring (bicyclic) bond motifs is 4. The van der Waals surface area contributed by atoms with Gasteiger partial charge in [-0.3, -0.25) is 19.8 Å². The highest BCUT2D eigenvalue weighted by atomic mass is 32.2. The summed E-state index contributed by atoms with van der Waals surface area (Å²) in [6.45, 7) is 8.51. The van der Waals surface area contributed by atoms with Gasteiger partial charge in [-0.05, 0) is 97.9 Å². The average molecular weight is 1020 g/mol. The molecule has 1 spiro atoms. The van der Waals surface area contributed by atoms with Crippen molar-refractivity contribution in [1.29, 1.82) is 0 Å². The highest BCUT2D eigenvalue weighted by Gasteiger charge is 2.50.